The van der Waals surface area contributed by atoms with Gasteiger partial charge in [-0.1, -0.05) is 46.4 Å². The number of hydrazone groups is 1. The summed E-state index contributed by atoms with van der Waals surface area (Å²) in [6, 6.07) is 3.17. The highest BCUT2D eigenvalue weighted by Crippen LogP contribution is 2.30. The Morgan fingerprint density at radius 3 is 2.60 bits per heavy atom. The van der Waals surface area contributed by atoms with E-state index in [0.29, 0.717) is 15.6 Å². The van der Waals surface area contributed by atoms with E-state index in [9.17, 15) is 4.79 Å². The van der Waals surface area contributed by atoms with Gasteiger partial charge in [0.15, 0.2) is 0 Å². The first kappa shape index (κ1) is 15.1. The Morgan fingerprint density at radius 2 is 1.85 bits per heavy atom. The highest BCUT2D eigenvalue weighted by atomic mass is 35.5. The molecule has 0 amide bonds. The van der Waals surface area contributed by atoms with Crippen LogP contribution >= 0.6 is 46.4 Å². The monoisotopic (exact) mass is 350 g/mol. The molecule has 0 aliphatic rings. The fourth-order valence-corrected chi connectivity index (χ4v) is 2.06. The van der Waals surface area contributed by atoms with Crippen molar-refractivity contribution in [3.8, 4) is 0 Å². The van der Waals surface area contributed by atoms with E-state index in [2.05, 4.69) is 20.7 Å². The van der Waals surface area contributed by atoms with Crippen LogP contribution in [0.5, 0.6) is 0 Å². The standard InChI is InChI=1S/C11H6Cl4N4O/c12-6-1-2-7(13)9(14)5(6)3-16-18-8-4-17-19-11(20)10(8)15/h1-4H,(H2,18,19,20). The average molecular weight is 352 g/mol. The summed E-state index contributed by atoms with van der Waals surface area (Å²) < 4.78 is 0. The molecule has 0 aliphatic carbocycles. The molecule has 2 N–H and O–H groups in total. The third kappa shape index (κ3) is 3.24. The third-order valence-corrected chi connectivity index (χ3v) is 3.78. The first-order valence-electron chi connectivity index (χ1n) is 5.16. The Kier molecular flexibility index (Phi) is 4.88. The van der Waals surface area contributed by atoms with Crippen molar-refractivity contribution in [1.82, 2.24) is 10.2 Å². The molecule has 0 aliphatic heterocycles. The Morgan fingerprint density at radius 1 is 1.15 bits per heavy atom. The second-order valence-corrected chi connectivity index (χ2v) is 5.12. The van der Waals surface area contributed by atoms with E-state index in [1.54, 1.807) is 12.1 Å². The Bertz CT molecular complexity index is 729. The quantitative estimate of drug-likeness (QED) is 0.501. The van der Waals surface area contributed by atoms with Crippen LogP contribution in [0.15, 0.2) is 28.2 Å². The number of H-pyrrole nitrogens is 1. The Balaban J connectivity index is 2.25. The summed E-state index contributed by atoms with van der Waals surface area (Å²) in [7, 11) is 0. The van der Waals surface area contributed by atoms with Gasteiger partial charge < -0.3 is 0 Å². The molecule has 5 nitrogen and oxygen atoms in total. The zero-order valence-corrected chi connectivity index (χ0v) is 12.6. The van der Waals surface area contributed by atoms with Crippen LogP contribution in [-0.2, 0) is 0 Å². The minimum absolute atomic E-state index is 0.0552. The lowest BCUT2D eigenvalue weighted by molar-refractivity contribution is 0.987. The molecule has 2 rings (SSSR count). The second kappa shape index (κ2) is 6.45. The fraction of sp³-hybridized carbons (Fsp3) is 0. The minimum atomic E-state index is -0.523. The van der Waals surface area contributed by atoms with E-state index in [4.69, 9.17) is 46.4 Å². The van der Waals surface area contributed by atoms with Gasteiger partial charge in [0, 0.05) is 5.56 Å². The molecule has 1 aromatic heterocycles. The number of rotatable bonds is 3. The number of halogens is 4. The first-order chi connectivity index (χ1) is 9.50. The summed E-state index contributed by atoms with van der Waals surface area (Å²) in [4.78, 5) is 11.2. The highest BCUT2D eigenvalue weighted by molar-refractivity contribution is 6.45. The molecule has 2 aromatic rings. The summed E-state index contributed by atoms with van der Waals surface area (Å²) in [6.45, 7) is 0. The molecule has 0 radical (unpaired) electrons. The normalized spacial score (nSPS) is 11.0. The van der Waals surface area contributed by atoms with Crippen molar-refractivity contribution in [3.63, 3.8) is 0 Å². The zero-order valence-electron chi connectivity index (χ0n) is 9.62. The van der Waals surface area contributed by atoms with E-state index in [-0.39, 0.29) is 15.7 Å². The number of nitrogens with one attached hydrogen (secondary N) is 2. The SMILES string of the molecule is O=c1[nH]ncc(NN=Cc2c(Cl)ccc(Cl)c2Cl)c1Cl. The second-order valence-electron chi connectivity index (χ2n) is 3.55. The number of benzene rings is 1. The molecule has 1 heterocycles. The molecule has 1 aromatic carbocycles. The third-order valence-electron chi connectivity index (χ3n) is 2.25. The number of aromatic amines is 1. The van der Waals surface area contributed by atoms with Gasteiger partial charge in [0.25, 0.3) is 5.56 Å². The predicted molar refractivity (Wildman–Crippen MR) is 82.6 cm³/mol. The van der Waals surface area contributed by atoms with Crippen molar-refractivity contribution in [3.05, 3.63) is 54.3 Å². The zero-order chi connectivity index (χ0) is 14.7. The number of hydrogen-bond acceptors (Lipinski definition) is 4. The summed E-state index contributed by atoms with van der Waals surface area (Å²) in [5, 5.41) is 10.6. The van der Waals surface area contributed by atoms with Crippen molar-refractivity contribution in [2.45, 2.75) is 0 Å². The molecular weight excluding hydrogens is 346 g/mol. The maximum absolute atomic E-state index is 11.2. The molecule has 0 unspecified atom stereocenters. The van der Waals surface area contributed by atoms with Crippen LogP contribution in [-0.4, -0.2) is 16.4 Å². The molecule has 0 fully saturated rings. The first-order valence-corrected chi connectivity index (χ1v) is 6.67. The number of anilines is 1. The van der Waals surface area contributed by atoms with Crippen LogP contribution < -0.4 is 11.0 Å². The summed E-state index contributed by atoms with van der Waals surface area (Å²) in [5.74, 6) is 0. The molecule has 9 heteroatoms. The molecule has 20 heavy (non-hydrogen) atoms. The van der Waals surface area contributed by atoms with Crippen LogP contribution in [0.3, 0.4) is 0 Å². The van der Waals surface area contributed by atoms with Crippen LogP contribution in [0, 0.1) is 0 Å². The fourth-order valence-electron chi connectivity index (χ4n) is 1.29. The molecule has 0 saturated carbocycles. The highest BCUT2D eigenvalue weighted by Gasteiger charge is 2.08. The minimum Gasteiger partial charge on any atom is -0.275 e. The Hall–Kier alpha value is -1.27. The van der Waals surface area contributed by atoms with E-state index < -0.39 is 5.56 Å². The lowest BCUT2D eigenvalue weighted by Gasteiger charge is -2.04. The van der Waals surface area contributed by atoms with E-state index >= 15 is 0 Å². The number of aromatic nitrogens is 2. The molecule has 0 spiro atoms. The van der Waals surface area contributed by atoms with Gasteiger partial charge in [-0.05, 0) is 12.1 Å². The summed E-state index contributed by atoms with van der Waals surface area (Å²) >= 11 is 23.6. The number of hydrogen-bond donors (Lipinski definition) is 2. The molecule has 0 bridgehead atoms. The van der Waals surface area contributed by atoms with Gasteiger partial charge in [-0.25, -0.2) is 5.10 Å². The summed E-state index contributed by atoms with van der Waals surface area (Å²) in [5.41, 5.74) is 2.75. The van der Waals surface area contributed by atoms with Crippen LogP contribution in [0.1, 0.15) is 5.56 Å². The van der Waals surface area contributed by atoms with E-state index in [1.165, 1.54) is 12.4 Å². The predicted octanol–water partition coefficient (Wildman–Crippen LogP) is 3.83. The van der Waals surface area contributed by atoms with E-state index in [0.717, 1.165) is 0 Å². The number of nitrogens with zero attached hydrogens (tertiary/aromatic N) is 2. The Labute approximate surface area is 133 Å². The topological polar surface area (TPSA) is 70.1 Å². The molecule has 104 valence electrons. The van der Waals surface area contributed by atoms with Crippen molar-refractivity contribution >= 4 is 58.3 Å². The van der Waals surface area contributed by atoms with Gasteiger partial charge in [-0.2, -0.15) is 10.2 Å². The lowest BCUT2D eigenvalue weighted by atomic mass is 10.2. The molecule has 0 saturated heterocycles. The maximum Gasteiger partial charge on any atom is 0.285 e. The van der Waals surface area contributed by atoms with Crippen LogP contribution in [0.2, 0.25) is 20.1 Å². The van der Waals surface area contributed by atoms with Crippen LogP contribution in [0.25, 0.3) is 0 Å². The van der Waals surface area contributed by atoms with Gasteiger partial charge in [0.05, 0.1) is 27.5 Å². The molecular formula is C11H6Cl4N4O. The van der Waals surface area contributed by atoms with Gasteiger partial charge >= 0.3 is 0 Å². The van der Waals surface area contributed by atoms with Gasteiger partial charge in [0.1, 0.15) is 10.7 Å². The van der Waals surface area contributed by atoms with Crippen molar-refractivity contribution < 1.29 is 0 Å². The smallest absolute Gasteiger partial charge is 0.275 e. The van der Waals surface area contributed by atoms with Crippen molar-refractivity contribution in [2.24, 2.45) is 5.10 Å². The summed E-state index contributed by atoms with van der Waals surface area (Å²) in [6.07, 6.45) is 2.69. The van der Waals surface area contributed by atoms with E-state index in [1.807, 2.05) is 0 Å². The van der Waals surface area contributed by atoms with Crippen molar-refractivity contribution in [1.29, 1.82) is 0 Å². The van der Waals surface area contributed by atoms with Crippen LogP contribution in [0.4, 0.5) is 5.69 Å². The maximum atomic E-state index is 11.2. The van der Waals surface area contributed by atoms with Crippen molar-refractivity contribution in [2.75, 3.05) is 5.43 Å². The molecule has 0 atom stereocenters. The average Bonchev–Trinajstić information content (AvgIpc) is 2.43. The van der Waals surface area contributed by atoms with Gasteiger partial charge in [-0.15, -0.1) is 0 Å². The van der Waals surface area contributed by atoms with Gasteiger partial charge in [-0.3, -0.25) is 10.2 Å². The largest absolute Gasteiger partial charge is 0.285 e. The van der Waals surface area contributed by atoms with Gasteiger partial charge in [0.2, 0.25) is 0 Å². The lowest BCUT2D eigenvalue weighted by Crippen LogP contribution is -2.10.